The second-order valence-corrected chi connectivity index (χ2v) is 3.01. The molecule has 0 aromatic carbocycles. The molecule has 5 heteroatoms. The molecule has 0 amide bonds. The highest BCUT2D eigenvalue weighted by molar-refractivity contribution is 7.12. The predicted molar refractivity (Wildman–Crippen MR) is 46.0 cm³/mol. The van der Waals surface area contributed by atoms with Gasteiger partial charge in [-0.15, -0.1) is 11.3 Å². The Morgan fingerprint density at radius 3 is 2.92 bits per heavy atom. The molecule has 4 nitrogen and oxygen atoms in total. The number of hydrogen-bond acceptors (Lipinski definition) is 4. The van der Waals surface area contributed by atoms with E-state index in [1.165, 1.54) is 23.6 Å². The number of nitrogens with one attached hydrogen (secondary N) is 1. The SMILES string of the molecule is O=c1ccnc(-c2nccs2)[nH]1. The molecule has 2 aromatic heterocycles. The summed E-state index contributed by atoms with van der Waals surface area (Å²) >= 11 is 1.44. The van der Waals surface area contributed by atoms with Crippen LogP contribution in [-0.2, 0) is 0 Å². The van der Waals surface area contributed by atoms with Crippen molar-refractivity contribution in [1.29, 1.82) is 0 Å². The molecule has 0 fully saturated rings. The topological polar surface area (TPSA) is 58.6 Å². The van der Waals surface area contributed by atoms with Gasteiger partial charge < -0.3 is 4.98 Å². The summed E-state index contributed by atoms with van der Waals surface area (Å²) in [6, 6.07) is 1.37. The Kier molecular flexibility index (Phi) is 1.71. The molecule has 0 aliphatic carbocycles. The number of H-pyrrole nitrogens is 1. The zero-order valence-corrected chi connectivity index (χ0v) is 6.84. The average Bonchev–Trinajstić information content (AvgIpc) is 2.56. The van der Waals surface area contributed by atoms with Gasteiger partial charge >= 0.3 is 0 Å². The van der Waals surface area contributed by atoms with E-state index >= 15 is 0 Å². The Labute approximate surface area is 71.9 Å². The van der Waals surface area contributed by atoms with Crippen LogP contribution in [0.3, 0.4) is 0 Å². The lowest BCUT2D eigenvalue weighted by molar-refractivity contribution is 1.12. The Morgan fingerprint density at radius 2 is 2.25 bits per heavy atom. The first-order valence-electron chi connectivity index (χ1n) is 3.31. The Hall–Kier alpha value is -1.49. The third-order valence-corrected chi connectivity index (χ3v) is 2.09. The number of aromatic amines is 1. The first-order chi connectivity index (χ1) is 5.86. The Balaban J connectivity index is 2.55. The molecule has 60 valence electrons. The predicted octanol–water partition coefficient (Wildman–Crippen LogP) is 0.893. The first-order valence-corrected chi connectivity index (χ1v) is 4.19. The molecule has 0 radical (unpaired) electrons. The van der Waals surface area contributed by atoms with Crippen molar-refractivity contribution in [2.24, 2.45) is 0 Å². The van der Waals surface area contributed by atoms with Gasteiger partial charge in [-0.25, -0.2) is 9.97 Å². The Bertz CT molecular complexity index is 420. The summed E-state index contributed by atoms with van der Waals surface area (Å²) in [6.07, 6.45) is 3.14. The van der Waals surface area contributed by atoms with Crippen molar-refractivity contribution in [3.05, 3.63) is 34.2 Å². The maximum absolute atomic E-state index is 10.9. The molecule has 0 saturated carbocycles. The highest BCUT2D eigenvalue weighted by atomic mass is 32.1. The van der Waals surface area contributed by atoms with Gasteiger partial charge in [0.15, 0.2) is 10.8 Å². The molecule has 12 heavy (non-hydrogen) atoms. The van der Waals surface area contributed by atoms with Crippen LogP contribution in [0.15, 0.2) is 28.6 Å². The summed E-state index contributed by atoms with van der Waals surface area (Å²) in [5.74, 6) is 0.525. The van der Waals surface area contributed by atoms with Gasteiger partial charge in [0.2, 0.25) is 0 Å². The Morgan fingerprint density at radius 1 is 1.33 bits per heavy atom. The standard InChI is InChI=1S/C7H5N3OS/c11-5-1-2-8-6(10-5)7-9-3-4-12-7/h1-4H,(H,8,10,11). The molecule has 0 saturated heterocycles. The van der Waals surface area contributed by atoms with Crippen molar-refractivity contribution in [3.63, 3.8) is 0 Å². The van der Waals surface area contributed by atoms with Crippen molar-refractivity contribution in [1.82, 2.24) is 15.0 Å². The van der Waals surface area contributed by atoms with Gasteiger partial charge in [0, 0.05) is 23.8 Å². The molecule has 0 unspecified atom stereocenters. The van der Waals surface area contributed by atoms with Gasteiger partial charge in [-0.1, -0.05) is 0 Å². The zero-order chi connectivity index (χ0) is 8.39. The van der Waals surface area contributed by atoms with Gasteiger partial charge in [-0.05, 0) is 0 Å². The molecule has 0 aliphatic rings. The molecule has 2 aromatic rings. The van der Waals surface area contributed by atoms with Crippen molar-refractivity contribution in [2.45, 2.75) is 0 Å². The minimum atomic E-state index is -0.157. The maximum atomic E-state index is 10.9. The molecular weight excluding hydrogens is 174 g/mol. The highest BCUT2D eigenvalue weighted by Crippen LogP contribution is 2.14. The lowest BCUT2D eigenvalue weighted by Gasteiger charge is -1.91. The maximum Gasteiger partial charge on any atom is 0.251 e. The van der Waals surface area contributed by atoms with Crippen molar-refractivity contribution < 1.29 is 0 Å². The number of thiazole rings is 1. The summed E-state index contributed by atoms with van der Waals surface area (Å²) in [6.45, 7) is 0. The lowest BCUT2D eigenvalue weighted by Crippen LogP contribution is -2.05. The molecule has 2 heterocycles. The van der Waals surface area contributed by atoms with Crippen LogP contribution < -0.4 is 5.56 Å². The van der Waals surface area contributed by atoms with E-state index in [0.717, 1.165) is 5.01 Å². The van der Waals surface area contributed by atoms with Gasteiger partial charge in [-0.3, -0.25) is 4.79 Å². The minimum Gasteiger partial charge on any atom is -0.305 e. The fraction of sp³-hybridized carbons (Fsp3) is 0. The fourth-order valence-electron chi connectivity index (χ4n) is 0.819. The smallest absolute Gasteiger partial charge is 0.251 e. The first kappa shape index (κ1) is 7.17. The van der Waals surface area contributed by atoms with E-state index < -0.39 is 0 Å². The molecule has 0 atom stereocenters. The van der Waals surface area contributed by atoms with Crippen LogP contribution in [0.2, 0.25) is 0 Å². The van der Waals surface area contributed by atoms with E-state index in [1.807, 2.05) is 5.38 Å². The van der Waals surface area contributed by atoms with E-state index in [1.54, 1.807) is 6.20 Å². The van der Waals surface area contributed by atoms with Crippen LogP contribution in [0.1, 0.15) is 0 Å². The molecule has 0 spiro atoms. The van der Waals surface area contributed by atoms with Gasteiger partial charge in [0.25, 0.3) is 5.56 Å². The monoisotopic (exact) mass is 179 g/mol. The van der Waals surface area contributed by atoms with E-state index in [2.05, 4.69) is 15.0 Å². The van der Waals surface area contributed by atoms with E-state index in [-0.39, 0.29) is 5.56 Å². The number of rotatable bonds is 1. The number of aromatic nitrogens is 3. The second-order valence-electron chi connectivity index (χ2n) is 2.12. The normalized spacial score (nSPS) is 10.0. The zero-order valence-electron chi connectivity index (χ0n) is 6.02. The summed E-state index contributed by atoms with van der Waals surface area (Å²) in [7, 11) is 0. The van der Waals surface area contributed by atoms with Crippen LogP contribution in [0.4, 0.5) is 0 Å². The van der Waals surface area contributed by atoms with Crippen LogP contribution in [-0.4, -0.2) is 15.0 Å². The van der Waals surface area contributed by atoms with Crippen molar-refractivity contribution >= 4 is 11.3 Å². The van der Waals surface area contributed by atoms with E-state index in [9.17, 15) is 4.79 Å². The second kappa shape index (κ2) is 2.86. The third kappa shape index (κ3) is 1.26. The molecule has 2 rings (SSSR count). The summed E-state index contributed by atoms with van der Waals surface area (Å²) in [5.41, 5.74) is -0.157. The average molecular weight is 179 g/mol. The fourth-order valence-corrected chi connectivity index (χ4v) is 1.41. The van der Waals surface area contributed by atoms with Crippen LogP contribution in [0.25, 0.3) is 10.8 Å². The minimum absolute atomic E-state index is 0.157. The van der Waals surface area contributed by atoms with Crippen molar-refractivity contribution in [2.75, 3.05) is 0 Å². The highest BCUT2D eigenvalue weighted by Gasteiger charge is 2.00. The summed E-state index contributed by atoms with van der Waals surface area (Å²) in [5, 5.41) is 2.56. The lowest BCUT2D eigenvalue weighted by atomic mass is 10.6. The number of hydrogen-bond donors (Lipinski definition) is 1. The third-order valence-electron chi connectivity index (χ3n) is 1.31. The molecule has 0 aliphatic heterocycles. The molecule has 1 N–H and O–H groups in total. The largest absolute Gasteiger partial charge is 0.305 e. The van der Waals surface area contributed by atoms with Gasteiger partial charge in [0.05, 0.1) is 0 Å². The summed E-state index contributed by atoms with van der Waals surface area (Å²) in [4.78, 5) is 21.4. The molecule has 0 bridgehead atoms. The summed E-state index contributed by atoms with van der Waals surface area (Å²) < 4.78 is 0. The van der Waals surface area contributed by atoms with Crippen LogP contribution >= 0.6 is 11.3 Å². The molecular formula is C7H5N3OS. The van der Waals surface area contributed by atoms with E-state index in [0.29, 0.717) is 5.82 Å². The van der Waals surface area contributed by atoms with Crippen molar-refractivity contribution in [3.8, 4) is 10.8 Å². The van der Waals surface area contributed by atoms with Gasteiger partial charge in [-0.2, -0.15) is 0 Å². The van der Waals surface area contributed by atoms with Crippen LogP contribution in [0.5, 0.6) is 0 Å². The van der Waals surface area contributed by atoms with Crippen LogP contribution in [0, 0.1) is 0 Å². The number of nitrogens with zero attached hydrogens (tertiary/aromatic N) is 2. The van der Waals surface area contributed by atoms with Gasteiger partial charge in [0.1, 0.15) is 0 Å². The quantitative estimate of drug-likeness (QED) is 0.707. The van der Waals surface area contributed by atoms with E-state index in [4.69, 9.17) is 0 Å².